The second-order valence-electron chi connectivity index (χ2n) is 4.94. The highest BCUT2D eigenvalue weighted by atomic mass is 16.5. The molecule has 0 saturated carbocycles. The molecular formula is C16H18N4O4. The van der Waals surface area contributed by atoms with E-state index in [0.29, 0.717) is 0 Å². The molecule has 0 aliphatic heterocycles. The lowest BCUT2D eigenvalue weighted by Gasteiger charge is -2.04. The van der Waals surface area contributed by atoms with Gasteiger partial charge in [-0.05, 0) is 25.5 Å². The van der Waals surface area contributed by atoms with E-state index in [9.17, 15) is 9.59 Å². The Hall–Kier alpha value is -3.16. The summed E-state index contributed by atoms with van der Waals surface area (Å²) >= 11 is 0. The first kappa shape index (κ1) is 17.2. The number of aromatic amines is 1. The van der Waals surface area contributed by atoms with E-state index in [0.717, 1.165) is 16.5 Å². The Morgan fingerprint density at radius 1 is 1.33 bits per heavy atom. The van der Waals surface area contributed by atoms with E-state index in [1.54, 1.807) is 13.1 Å². The van der Waals surface area contributed by atoms with Crippen LogP contribution in [0.15, 0.2) is 40.7 Å². The lowest BCUT2D eigenvalue weighted by atomic mass is 10.1. The summed E-state index contributed by atoms with van der Waals surface area (Å²) in [5, 5.41) is 16.5. The first-order chi connectivity index (χ1) is 11.6. The number of rotatable bonds is 6. The van der Waals surface area contributed by atoms with Crippen LogP contribution in [0.3, 0.4) is 0 Å². The van der Waals surface area contributed by atoms with E-state index in [1.807, 2.05) is 24.3 Å². The molecule has 2 aromatic rings. The summed E-state index contributed by atoms with van der Waals surface area (Å²) in [6.45, 7) is 3.19. The summed E-state index contributed by atoms with van der Waals surface area (Å²) < 4.78 is 4.73. The number of benzene rings is 1. The Kier molecular flexibility index (Phi) is 5.67. The predicted molar refractivity (Wildman–Crippen MR) is 89.1 cm³/mol. The van der Waals surface area contributed by atoms with Crippen molar-refractivity contribution in [1.29, 1.82) is 0 Å². The number of carbonyl (C=O) groups is 2. The molecule has 0 bridgehead atoms. The van der Waals surface area contributed by atoms with Crippen LogP contribution in [0.1, 0.15) is 19.4 Å². The van der Waals surface area contributed by atoms with E-state index < -0.39 is 5.97 Å². The standard InChI is InChI=1S/C16H18N4O4/c1-3-24-16(22)15(20-23)10(2)18-19-14(21)8-11-9-17-13-7-5-4-6-12(11)13/h4-7,9,17,23H,3,8H2,1-2H3,(H,19,21)/b18-10-,20-15+. The zero-order valence-corrected chi connectivity index (χ0v) is 13.4. The lowest BCUT2D eigenvalue weighted by Crippen LogP contribution is -2.28. The van der Waals surface area contributed by atoms with Gasteiger partial charge in [0.25, 0.3) is 0 Å². The zero-order valence-electron chi connectivity index (χ0n) is 13.4. The van der Waals surface area contributed by atoms with Crippen molar-refractivity contribution in [3.63, 3.8) is 0 Å². The molecule has 0 atom stereocenters. The number of hydrogen-bond acceptors (Lipinski definition) is 6. The number of nitrogens with one attached hydrogen (secondary N) is 2. The number of hydrogen-bond donors (Lipinski definition) is 3. The topological polar surface area (TPSA) is 116 Å². The van der Waals surface area contributed by atoms with E-state index in [-0.39, 0.29) is 30.4 Å². The van der Waals surface area contributed by atoms with Crippen molar-refractivity contribution in [1.82, 2.24) is 10.4 Å². The van der Waals surface area contributed by atoms with Crippen LogP contribution < -0.4 is 5.43 Å². The van der Waals surface area contributed by atoms with Gasteiger partial charge in [-0.2, -0.15) is 5.10 Å². The van der Waals surface area contributed by atoms with Crippen LogP contribution in [0.4, 0.5) is 0 Å². The third-order valence-electron chi connectivity index (χ3n) is 3.29. The van der Waals surface area contributed by atoms with Gasteiger partial charge in [-0.1, -0.05) is 23.4 Å². The summed E-state index contributed by atoms with van der Waals surface area (Å²) in [6, 6.07) is 7.63. The minimum absolute atomic E-state index is 0.0447. The number of nitrogens with zero attached hydrogens (tertiary/aromatic N) is 2. The predicted octanol–water partition coefficient (Wildman–Crippen LogP) is 1.60. The van der Waals surface area contributed by atoms with E-state index in [1.165, 1.54) is 6.92 Å². The maximum Gasteiger partial charge on any atom is 0.362 e. The SMILES string of the molecule is CCOC(=O)C(=N/O)/C(C)=N\NC(=O)Cc1c[nH]c2ccccc12. The normalized spacial score (nSPS) is 12.2. The molecule has 0 aliphatic carbocycles. The van der Waals surface area contributed by atoms with Crippen LogP contribution in [0.2, 0.25) is 0 Å². The molecule has 24 heavy (non-hydrogen) atoms. The summed E-state index contributed by atoms with van der Waals surface area (Å²) in [5.41, 5.74) is 3.79. The molecule has 0 saturated heterocycles. The maximum atomic E-state index is 12.0. The van der Waals surface area contributed by atoms with E-state index in [2.05, 4.69) is 20.7 Å². The number of para-hydroxylation sites is 1. The summed E-state index contributed by atoms with van der Waals surface area (Å²) in [4.78, 5) is 26.7. The highest BCUT2D eigenvalue weighted by molar-refractivity contribution is 6.65. The van der Waals surface area contributed by atoms with Crippen molar-refractivity contribution in [3.8, 4) is 0 Å². The Morgan fingerprint density at radius 2 is 2.08 bits per heavy atom. The summed E-state index contributed by atoms with van der Waals surface area (Å²) in [7, 11) is 0. The molecule has 8 nitrogen and oxygen atoms in total. The second kappa shape index (κ2) is 7.91. The number of H-pyrrole nitrogens is 1. The van der Waals surface area contributed by atoms with E-state index in [4.69, 9.17) is 9.94 Å². The molecule has 8 heteroatoms. The Morgan fingerprint density at radius 3 is 2.79 bits per heavy atom. The van der Waals surface area contributed by atoms with Crippen LogP contribution in [0.25, 0.3) is 10.9 Å². The van der Waals surface area contributed by atoms with Crippen LogP contribution in [-0.2, 0) is 20.7 Å². The molecule has 0 spiro atoms. The number of carbonyl (C=O) groups excluding carboxylic acids is 2. The molecule has 2 rings (SSSR count). The van der Waals surface area contributed by atoms with Crippen molar-refractivity contribution < 1.29 is 19.5 Å². The average Bonchev–Trinajstić information content (AvgIpc) is 2.97. The highest BCUT2D eigenvalue weighted by Gasteiger charge is 2.17. The molecular weight excluding hydrogens is 312 g/mol. The lowest BCUT2D eigenvalue weighted by molar-refractivity contribution is -0.135. The fourth-order valence-corrected chi connectivity index (χ4v) is 2.15. The number of oxime groups is 1. The molecule has 1 aromatic heterocycles. The second-order valence-corrected chi connectivity index (χ2v) is 4.94. The van der Waals surface area contributed by atoms with Gasteiger partial charge in [-0.3, -0.25) is 4.79 Å². The average molecular weight is 330 g/mol. The third kappa shape index (κ3) is 3.97. The molecule has 3 N–H and O–H groups in total. The van der Waals surface area contributed by atoms with Crippen molar-refractivity contribution in [2.24, 2.45) is 10.3 Å². The van der Waals surface area contributed by atoms with Crippen molar-refractivity contribution in [2.75, 3.05) is 6.61 Å². The monoisotopic (exact) mass is 330 g/mol. The summed E-state index contributed by atoms with van der Waals surface area (Å²) in [6.07, 6.45) is 1.88. The van der Waals surface area contributed by atoms with Crippen LogP contribution in [0.5, 0.6) is 0 Å². The fraction of sp³-hybridized carbons (Fsp3) is 0.250. The van der Waals surface area contributed by atoms with E-state index >= 15 is 0 Å². The number of aromatic nitrogens is 1. The van der Waals surface area contributed by atoms with Gasteiger partial charge in [-0.25, -0.2) is 10.2 Å². The molecule has 0 fully saturated rings. The minimum atomic E-state index is -0.813. The maximum absolute atomic E-state index is 12.0. The fourth-order valence-electron chi connectivity index (χ4n) is 2.15. The molecule has 1 amide bonds. The van der Waals surface area contributed by atoms with Crippen LogP contribution in [-0.4, -0.2) is 40.1 Å². The van der Waals surface area contributed by atoms with Crippen LogP contribution in [0, 0.1) is 0 Å². The Bertz CT molecular complexity index is 807. The quantitative estimate of drug-likeness (QED) is 0.323. The highest BCUT2D eigenvalue weighted by Crippen LogP contribution is 2.17. The Balaban J connectivity index is 2.03. The van der Waals surface area contributed by atoms with Gasteiger partial charge in [0.15, 0.2) is 0 Å². The minimum Gasteiger partial charge on any atom is -0.461 e. The molecule has 126 valence electrons. The van der Waals surface area contributed by atoms with Gasteiger partial charge in [0.2, 0.25) is 11.6 Å². The largest absolute Gasteiger partial charge is 0.461 e. The third-order valence-corrected chi connectivity index (χ3v) is 3.29. The van der Waals surface area contributed by atoms with Crippen molar-refractivity contribution in [2.45, 2.75) is 20.3 Å². The first-order valence-corrected chi connectivity index (χ1v) is 7.34. The Labute approximate surface area is 138 Å². The van der Waals surface area contributed by atoms with Crippen molar-refractivity contribution >= 4 is 34.2 Å². The van der Waals surface area contributed by atoms with Crippen LogP contribution >= 0.6 is 0 Å². The molecule has 0 unspecified atom stereocenters. The van der Waals surface area contributed by atoms with Gasteiger partial charge in [-0.15, -0.1) is 0 Å². The number of ether oxygens (including phenoxy) is 1. The number of amides is 1. The smallest absolute Gasteiger partial charge is 0.362 e. The van der Waals surface area contributed by atoms with Gasteiger partial charge >= 0.3 is 5.97 Å². The van der Waals surface area contributed by atoms with Gasteiger partial charge in [0.05, 0.1) is 18.7 Å². The molecule has 0 radical (unpaired) electrons. The first-order valence-electron chi connectivity index (χ1n) is 7.34. The number of fused-ring (bicyclic) bond motifs is 1. The molecule has 0 aliphatic rings. The summed E-state index contributed by atoms with van der Waals surface area (Å²) in [5.74, 6) is -1.17. The van der Waals surface area contributed by atoms with Gasteiger partial charge < -0.3 is 14.9 Å². The van der Waals surface area contributed by atoms with Gasteiger partial charge in [0, 0.05) is 17.1 Å². The number of hydrazone groups is 1. The van der Waals surface area contributed by atoms with Crippen molar-refractivity contribution in [3.05, 3.63) is 36.0 Å². The van der Waals surface area contributed by atoms with Gasteiger partial charge in [0.1, 0.15) is 0 Å². The molecule has 1 aromatic carbocycles. The number of esters is 1. The zero-order chi connectivity index (χ0) is 17.5. The molecule has 1 heterocycles.